The highest BCUT2D eigenvalue weighted by atomic mass is 16.5. The quantitative estimate of drug-likeness (QED) is 0.791. The molecule has 0 radical (unpaired) electrons. The third kappa shape index (κ3) is 3.17. The Hall–Kier alpha value is -1.76. The van der Waals surface area contributed by atoms with E-state index < -0.39 is 0 Å². The molecule has 0 aromatic carbocycles. The first-order valence-electron chi connectivity index (χ1n) is 6.69. The Kier molecular flexibility index (Phi) is 4.62. The van der Waals surface area contributed by atoms with Gasteiger partial charge in [-0.15, -0.1) is 0 Å². The van der Waals surface area contributed by atoms with Crippen molar-refractivity contribution in [3.63, 3.8) is 0 Å². The molecule has 0 amide bonds. The van der Waals surface area contributed by atoms with Gasteiger partial charge in [-0.1, -0.05) is 25.9 Å². The first kappa shape index (κ1) is 13.7. The van der Waals surface area contributed by atoms with Gasteiger partial charge in [-0.2, -0.15) is 20.4 Å². The van der Waals surface area contributed by atoms with E-state index in [2.05, 4.69) is 51.6 Å². The van der Waals surface area contributed by atoms with Crippen LogP contribution in [0.25, 0.3) is 11.5 Å². The number of hydrogen-bond acceptors (Lipinski definition) is 6. The fraction of sp³-hybridized carbons (Fsp3) is 0.667. The topological polar surface area (TPSA) is 92.5 Å². The van der Waals surface area contributed by atoms with Gasteiger partial charge in [0.2, 0.25) is 11.7 Å². The van der Waals surface area contributed by atoms with Crippen LogP contribution in [0.1, 0.15) is 45.4 Å². The Labute approximate surface area is 112 Å². The van der Waals surface area contributed by atoms with Crippen molar-refractivity contribution in [2.75, 3.05) is 6.54 Å². The van der Waals surface area contributed by atoms with Gasteiger partial charge in [0.25, 0.3) is 0 Å². The Bertz CT molecular complexity index is 480. The van der Waals surface area contributed by atoms with Crippen LogP contribution >= 0.6 is 0 Å². The van der Waals surface area contributed by atoms with Crippen LogP contribution in [0.2, 0.25) is 0 Å². The second-order valence-electron chi connectivity index (χ2n) is 4.57. The number of rotatable bonds is 7. The molecule has 2 rings (SSSR count). The summed E-state index contributed by atoms with van der Waals surface area (Å²) in [7, 11) is 0. The van der Waals surface area contributed by atoms with E-state index in [9.17, 15) is 0 Å². The zero-order valence-electron chi connectivity index (χ0n) is 11.6. The SMILES string of the molecule is CCCNC(CC)C(C)c1nc(-c2cn[nH]n2)no1. The first-order valence-corrected chi connectivity index (χ1v) is 6.69. The lowest BCUT2D eigenvalue weighted by atomic mass is 9.99. The third-order valence-electron chi connectivity index (χ3n) is 3.18. The van der Waals surface area contributed by atoms with E-state index in [1.807, 2.05) is 0 Å². The van der Waals surface area contributed by atoms with E-state index in [1.54, 1.807) is 6.20 Å². The summed E-state index contributed by atoms with van der Waals surface area (Å²) in [6.07, 6.45) is 3.70. The minimum Gasteiger partial charge on any atom is -0.339 e. The molecule has 2 unspecified atom stereocenters. The van der Waals surface area contributed by atoms with E-state index in [0.717, 1.165) is 19.4 Å². The maximum atomic E-state index is 5.33. The van der Waals surface area contributed by atoms with Crippen LogP contribution < -0.4 is 5.32 Å². The van der Waals surface area contributed by atoms with Gasteiger partial charge < -0.3 is 9.84 Å². The largest absolute Gasteiger partial charge is 0.339 e. The predicted molar refractivity (Wildman–Crippen MR) is 70.5 cm³/mol. The van der Waals surface area contributed by atoms with Crippen molar-refractivity contribution in [2.24, 2.45) is 0 Å². The highest BCUT2D eigenvalue weighted by Crippen LogP contribution is 2.21. The predicted octanol–water partition coefficient (Wildman–Crippen LogP) is 1.74. The molecule has 0 aliphatic carbocycles. The Morgan fingerprint density at radius 3 is 2.89 bits per heavy atom. The molecule has 2 atom stereocenters. The molecule has 0 saturated carbocycles. The molecule has 0 aliphatic rings. The number of aromatic amines is 1. The van der Waals surface area contributed by atoms with Crippen LogP contribution in [0.4, 0.5) is 0 Å². The molecule has 104 valence electrons. The fourth-order valence-electron chi connectivity index (χ4n) is 2.01. The number of H-pyrrole nitrogens is 1. The number of nitrogens with zero attached hydrogens (tertiary/aromatic N) is 4. The zero-order valence-corrected chi connectivity index (χ0v) is 11.6. The lowest BCUT2D eigenvalue weighted by Crippen LogP contribution is -2.33. The summed E-state index contributed by atoms with van der Waals surface area (Å²) in [6.45, 7) is 7.39. The molecule has 2 aromatic rings. The monoisotopic (exact) mass is 264 g/mol. The van der Waals surface area contributed by atoms with Crippen molar-refractivity contribution in [1.29, 1.82) is 0 Å². The Morgan fingerprint density at radius 1 is 1.42 bits per heavy atom. The molecular formula is C12H20N6O. The number of nitrogens with one attached hydrogen (secondary N) is 2. The molecule has 0 saturated heterocycles. The lowest BCUT2D eigenvalue weighted by Gasteiger charge is -2.20. The van der Waals surface area contributed by atoms with Crippen molar-refractivity contribution in [3.8, 4) is 11.5 Å². The molecule has 2 N–H and O–H groups in total. The molecule has 0 bridgehead atoms. The third-order valence-corrected chi connectivity index (χ3v) is 3.18. The summed E-state index contributed by atoms with van der Waals surface area (Å²) >= 11 is 0. The normalized spacial score (nSPS) is 14.5. The molecule has 0 fully saturated rings. The molecular weight excluding hydrogens is 244 g/mol. The summed E-state index contributed by atoms with van der Waals surface area (Å²) in [5.41, 5.74) is 0.594. The van der Waals surface area contributed by atoms with Gasteiger partial charge >= 0.3 is 0 Å². The zero-order chi connectivity index (χ0) is 13.7. The lowest BCUT2D eigenvalue weighted by molar-refractivity contribution is 0.319. The van der Waals surface area contributed by atoms with Gasteiger partial charge in [0.05, 0.1) is 12.1 Å². The first-order chi connectivity index (χ1) is 9.26. The minimum absolute atomic E-state index is 0.171. The summed E-state index contributed by atoms with van der Waals surface area (Å²) in [4.78, 5) is 4.39. The second-order valence-corrected chi connectivity index (χ2v) is 4.57. The van der Waals surface area contributed by atoms with Crippen molar-refractivity contribution in [2.45, 2.75) is 45.6 Å². The molecule has 0 spiro atoms. The average Bonchev–Trinajstić information content (AvgIpc) is 3.10. The maximum Gasteiger partial charge on any atom is 0.231 e. The maximum absolute atomic E-state index is 5.33. The second kappa shape index (κ2) is 6.42. The van der Waals surface area contributed by atoms with E-state index in [1.165, 1.54) is 0 Å². The highest BCUT2D eigenvalue weighted by Gasteiger charge is 2.23. The highest BCUT2D eigenvalue weighted by molar-refractivity contribution is 5.44. The summed E-state index contributed by atoms with van der Waals surface area (Å²) in [6, 6.07) is 0.338. The van der Waals surface area contributed by atoms with E-state index >= 15 is 0 Å². The van der Waals surface area contributed by atoms with E-state index in [0.29, 0.717) is 23.5 Å². The summed E-state index contributed by atoms with van der Waals surface area (Å²) < 4.78 is 5.33. The van der Waals surface area contributed by atoms with Crippen LogP contribution in [-0.2, 0) is 0 Å². The van der Waals surface area contributed by atoms with Crippen LogP contribution in [0.15, 0.2) is 10.7 Å². The van der Waals surface area contributed by atoms with Gasteiger partial charge in [0.1, 0.15) is 0 Å². The molecule has 19 heavy (non-hydrogen) atoms. The van der Waals surface area contributed by atoms with Crippen LogP contribution in [0, 0.1) is 0 Å². The van der Waals surface area contributed by atoms with Crippen molar-refractivity contribution >= 4 is 0 Å². The standard InChI is InChI=1S/C12H20N6O/c1-4-6-13-9(5-2)8(3)12-15-11(17-19-12)10-7-14-18-16-10/h7-9,13H,4-6H2,1-3H3,(H,14,16,18). The van der Waals surface area contributed by atoms with Gasteiger partial charge in [0.15, 0.2) is 5.69 Å². The van der Waals surface area contributed by atoms with Crippen LogP contribution in [0.3, 0.4) is 0 Å². The van der Waals surface area contributed by atoms with E-state index in [-0.39, 0.29) is 5.92 Å². The van der Waals surface area contributed by atoms with Gasteiger partial charge in [-0.05, 0) is 19.4 Å². The van der Waals surface area contributed by atoms with Gasteiger partial charge in [-0.3, -0.25) is 0 Å². The van der Waals surface area contributed by atoms with Crippen molar-refractivity contribution < 1.29 is 4.52 Å². The van der Waals surface area contributed by atoms with E-state index in [4.69, 9.17) is 4.52 Å². The molecule has 7 heteroatoms. The number of aromatic nitrogens is 5. The Morgan fingerprint density at radius 2 is 2.26 bits per heavy atom. The Balaban J connectivity index is 2.08. The fourth-order valence-corrected chi connectivity index (χ4v) is 2.01. The molecule has 0 aliphatic heterocycles. The van der Waals surface area contributed by atoms with Gasteiger partial charge in [0, 0.05) is 6.04 Å². The smallest absolute Gasteiger partial charge is 0.231 e. The molecule has 2 heterocycles. The molecule has 2 aromatic heterocycles. The summed E-state index contributed by atoms with van der Waals surface area (Å²) in [5.74, 6) is 1.28. The van der Waals surface area contributed by atoms with Crippen molar-refractivity contribution in [1.82, 2.24) is 30.9 Å². The number of hydrogen-bond donors (Lipinski definition) is 2. The van der Waals surface area contributed by atoms with Crippen LogP contribution in [0.5, 0.6) is 0 Å². The van der Waals surface area contributed by atoms with Gasteiger partial charge in [-0.25, -0.2) is 0 Å². The summed E-state index contributed by atoms with van der Waals surface area (Å²) in [5, 5.41) is 17.6. The van der Waals surface area contributed by atoms with Crippen molar-refractivity contribution in [3.05, 3.63) is 12.1 Å². The van der Waals surface area contributed by atoms with Crippen LogP contribution in [-0.4, -0.2) is 38.1 Å². The molecule has 7 nitrogen and oxygen atoms in total. The minimum atomic E-state index is 0.171. The average molecular weight is 264 g/mol.